The predicted octanol–water partition coefficient (Wildman–Crippen LogP) is 5.27. The second kappa shape index (κ2) is 4.92. The first-order valence-electron chi connectivity index (χ1n) is 6.48. The van der Waals surface area contributed by atoms with Crippen LogP contribution in [-0.4, -0.2) is 4.98 Å². The second-order valence-electron chi connectivity index (χ2n) is 4.80. The van der Waals surface area contributed by atoms with E-state index in [0.29, 0.717) is 0 Å². The second-order valence-corrected chi connectivity index (χ2v) is 6.04. The van der Waals surface area contributed by atoms with E-state index in [1.165, 1.54) is 50.2 Å². The van der Waals surface area contributed by atoms with E-state index >= 15 is 0 Å². The van der Waals surface area contributed by atoms with Crippen LogP contribution < -0.4 is 0 Å². The molecule has 2 heteroatoms. The Hall–Kier alpha value is -1.03. The molecular formula is C16H16IN. The topological polar surface area (TPSA) is 15.8 Å². The zero-order valence-corrected chi connectivity index (χ0v) is 12.6. The largest absolute Gasteiger partial charge is 0.355 e. The molecule has 0 aliphatic heterocycles. The van der Waals surface area contributed by atoms with Crippen molar-refractivity contribution in [1.29, 1.82) is 0 Å². The van der Waals surface area contributed by atoms with Gasteiger partial charge in [0.15, 0.2) is 0 Å². The minimum atomic E-state index is 1.18. The Bertz CT molecular complexity index is 697. The first-order valence-corrected chi connectivity index (χ1v) is 7.55. The number of unbranched alkanes of at least 4 members (excludes halogenated alkanes) is 1. The Balaban J connectivity index is 2.18. The number of hydrogen-bond donors (Lipinski definition) is 1. The highest BCUT2D eigenvalue weighted by Gasteiger charge is 2.05. The van der Waals surface area contributed by atoms with Crippen molar-refractivity contribution in [3.8, 4) is 0 Å². The number of hydrogen-bond acceptors (Lipinski definition) is 0. The van der Waals surface area contributed by atoms with Crippen molar-refractivity contribution in [3.05, 3.63) is 45.5 Å². The molecule has 2 aromatic carbocycles. The number of aryl methyl sites for hydroxylation is 1. The summed E-state index contributed by atoms with van der Waals surface area (Å²) in [6.45, 7) is 2.24. The Morgan fingerprint density at radius 2 is 1.72 bits per heavy atom. The summed E-state index contributed by atoms with van der Waals surface area (Å²) in [5.41, 5.74) is 3.93. The normalized spacial score (nSPS) is 11.4. The molecule has 3 aromatic rings. The summed E-state index contributed by atoms with van der Waals surface area (Å²) < 4.78 is 1.29. The molecule has 92 valence electrons. The SMILES string of the molecule is CCCCc1ccc2[nH]c3ccc(I)cc3c2c1. The van der Waals surface area contributed by atoms with Crippen LogP contribution >= 0.6 is 22.6 Å². The van der Waals surface area contributed by atoms with Gasteiger partial charge in [-0.05, 0) is 71.3 Å². The van der Waals surface area contributed by atoms with Gasteiger partial charge in [-0.25, -0.2) is 0 Å². The van der Waals surface area contributed by atoms with Crippen molar-refractivity contribution in [2.75, 3.05) is 0 Å². The molecule has 0 radical (unpaired) electrons. The van der Waals surface area contributed by atoms with Gasteiger partial charge in [-0.3, -0.25) is 0 Å². The number of benzene rings is 2. The van der Waals surface area contributed by atoms with E-state index in [9.17, 15) is 0 Å². The van der Waals surface area contributed by atoms with Gasteiger partial charge < -0.3 is 4.98 Å². The lowest BCUT2D eigenvalue weighted by Crippen LogP contribution is -1.83. The average molecular weight is 349 g/mol. The molecule has 0 atom stereocenters. The third kappa shape index (κ3) is 2.14. The van der Waals surface area contributed by atoms with E-state index in [1.54, 1.807) is 0 Å². The van der Waals surface area contributed by atoms with E-state index in [1.807, 2.05) is 0 Å². The highest BCUT2D eigenvalue weighted by atomic mass is 127. The van der Waals surface area contributed by atoms with Crippen LogP contribution in [0.1, 0.15) is 25.3 Å². The number of H-pyrrole nitrogens is 1. The summed E-state index contributed by atoms with van der Waals surface area (Å²) in [5, 5.41) is 2.70. The minimum absolute atomic E-state index is 1.18. The summed E-state index contributed by atoms with van der Waals surface area (Å²) in [6, 6.07) is 13.4. The van der Waals surface area contributed by atoms with Gasteiger partial charge in [-0.15, -0.1) is 0 Å². The maximum atomic E-state index is 3.49. The van der Waals surface area contributed by atoms with Crippen molar-refractivity contribution >= 4 is 44.4 Å². The van der Waals surface area contributed by atoms with Crippen LogP contribution in [0.25, 0.3) is 21.8 Å². The Kier molecular flexibility index (Phi) is 3.29. The van der Waals surface area contributed by atoms with Gasteiger partial charge in [0.1, 0.15) is 0 Å². The lowest BCUT2D eigenvalue weighted by Gasteiger charge is -2.00. The zero-order chi connectivity index (χ0) is 12.5. The molecular weight excluding hydrogens is 333 g/mol. The van der Waals surface area contributed by atoms with Gasteiger partial charge in [0.25, 0.3) is 0 Å². The molecule has 1 N–H and O–H groups in total. The third-order valence-electron chi connectivity index (χ3n) is 3.44. The van der Waals surface area contributed by atoms with Crippen molar-refractivity contribution < 1.29 is 0 Å². The van der Waals surface area contributed by atoms with Crippen molar-refractivity contribution in [2.45, 2.75) is 26.2 Å². The van der Waals surface area contributed by atoms with Crippen molar-refractivity contribution in [2.24, 2.45) is 0 Å². The molecule has 0 unspecified atom stereocenters. The Morgan fingerprint density at radius 1 is 1.00 bits per heavy atom. The summed E-state index contributed by atoms with van der Waals surface area (Å²) in [5.74, 6) is 0. The Morgan fingerprint density at radius 3 is 2.50 bits per heavy atom. The number of aromatic nitrogens is 1. The maximum Gasteiger partial charge on any atom is 0.0465 e. The molecule has 0 saturated heterocycles. The van der Waals surface area contributed by atoms with Gasteiger partial charge in [0.2, 0.25) is 0 Å². The Labute approximate surface area is 121 Å². The van der Waals surface area contributed by atoms with Gasteiger partial charge >= 0.3 is 0 Å². The molecule has 1 heterocycles. The van der Waals surface area contributed by atoms with E-state index in [-0.39, 0.29) is 0 Å². The maximum absolute atomic E-state index is 3.49. The molecule has 0 aliphatic rings. The number of halogens is 1. The van der Waals surface area contributed by atoms with Crippen LogP contribution in [0.2, 0.25) is 0 Å². The number of aromatic amines is 1. The zero-order valence-electron chi connectivity index (χ0n) is 10.5. The van der Waals surface area contributed by atoms with Crippen LogP contribution in [0.3, 0.4) is 0 Å². The van der Waals surface area contributed by atoms with E-state index in [4.69, 9.17) is 0 Å². The fraction of sp³-hybridized carbons (Fsp3) is 0.250. The first kappa shape index (κ1) is 12.0. The number of rotatable bonds is 3. The molecule has 18 heavy (non-hydrogen) atoms. The first-order chi connectivity index (χ1) is 8.78. The van der Waals surface area contributed by atoms with Gasteiger partial charge in [0.05, 0.1) is 0 Å². The number of fused-ring (bicyclic) bond motifs is 3. The summed E-state index contributed by atoms with van der Waals surface area (Å²) in [4.78, 5) is 3.49. The van der Waals surface area contributed by atoms with Crippen LogP contribution in [0.15, 0.2) is 36.4 Å². The van der Waals surface area contributed by atoms with Crippen LogP contribution in [0.4, 0.5) is 0 Å². The molecule has 0 saturated carbocycles. The van der Waals surface area contributed by atoms with Gasteiger partial charge in [0, 0.05) is 25.4 Å². The minimum Gasteiger partial charge on any atom is -0.355 e. The monoisotopic (exact) mass is 349 g/mol. The molecule has 0 amide bonds. The van der Waals surface area contributed by atoms with Crippen LogP contribution in [-0.2, 0) is 6.42 Å². The van der Waals surface area contributed by atoms with Crippen molar-refractivity contribution in [1.82, 2.24) is 4.98 Å². The molecule has 1 nitrogen and oxygen atoms in total. The molecule has 0 spiro atoms. The van der Waals surface area contributed by atoms with Crippen LogP contribution in [0.5, 0.6) is 0 Å². The lowest BCUT2D eigenvalue weighted by molar-refractivity contribution is 0.796. The number of nitrogens with one attached hydrogen (secondary N) is 1. The molecule has 1 aromatic heterocycles. The van der Waals surface area contributed by atoms with E-state index < -0.39 is 0 Å². The van der Waals surface area contributed by atoms with Crippen molar-refractivity contribution in [3.63, 3.8) is 0 Å². The van der Waals surface area contributed by atoms with E-state index in [2.05, 4.69) is 70.9 Å². The van der Waals surface area contributed by atoms with Gasteiger partial charge in [-0.1, -0.05) is 19.4 Å². The quantitative estimate of drug-likeness (QED) is 0.620. The fourth-order valence-electron chi connectivity index (χ4n) is 2.45. The van der Waals surface area contributed by atoms with Crippen LogP contribution in [0, 0.1) is 3.57 Å². The standard InChI is InChI=1S/C16H16IN/c1-2-3-4-11-5-7-15-13(9-11)14-10-12(17)6-8-16(14)18-15/h5-10,18H,2-4H2,1H3. The van der Waals surface area contributed by atoms with Gasteiger partial charge in [-0.2, -0.15) is 0 Å². The highest BCUT2D eigenvalue weighted by Crippen LogP contribution is 2.28. The predicted molar refractivity (Wildman–Crippen MR) is 87.1 cm³/mol. The average Bonchev–Trinajstić information content (AvgIpc) is 2.74. The molecule has 0 aliphatic carbocycles. The fourth-order valence-corrected chi connectivity index (χ4v) is 2.94. The summed E-state index contributed by atoms with van der Waals surface area (Å²) >= 11 is 2.38. The summed E-state index contributed by atoms with van der Waals surface area (Å²) in [7, 11) is 0. The summed E-state index contributed by atoms with van der Waals surface area (Å²) in [6.07, 6.45) is 3.71. The highest BCUT2D eigenvalue weighted by molar-refractivity contribution is 14.1. The molecule has 0 fully saturated rings. The third-order valence-corrected chi connectivity index (χ3v) is 4.12. The molecule has 0 bridgehead atoms. The van der Waals surface area contributed by atoms with E-state index in [0.717, 1.165) is 0 Å². The molecule has 3 rings (SSSR count). The smallest absolute Gasteiger partial charge is 0.0465 e. The lowest BCUT2D eigenvalue weighted by atomic mass is 10.1.